The van der Waals surface area contributed by atoms with E-state index in [0.29, 0.717) is 10.0 Å². The van der Waals surface area contributed by atoms with E-state index >= 15 is 0 Å². The van der Waals surface area contributed by atoms with Crippen LogP contribution in [0.25, 0.3) is 11.1 Å². The van der Waals surface area contributed by atoms with Gasteiger partial charge in [0.15, 0.2) is 0 Å². The number of H-pyrrole nitrogens is 1. The molecule has 0 aliphatic rings. The van der Waals surface area contributed by atoms with Crippen molar-refractivity contribution in [1.29, 1.82) is 0 Å². The predicted molar refractivity (Wildman–Crippen MR) is 135 cm³/mol. The Kier molecular flexibility index (Phi) is 8.47. The average molecular weight is 519 g/mol. The van der Waals surface area contributed by atoms with Gasteiger partial charge < -0.3 is 4.74 Å². The maximum atomic E-state index is 13.2. The molecule has 3 unspecified atom stereocenters. The second-order valence-corrected chi connectivity index (χ2v) is 10.0. The SMILES string of the molecule is CC(NC(C(=O)Nc1nn[nH]n1)C(C)c1ccc(-c2cc(Cl)ccc2Cl)cc1)C(=O)OC(C)(C)C. The molecule has 3 rings (SSSR count). The Labute approximate surface area is 213 Å². The predicted octanol–water partition coefficient (Wildman–Crippen LogP) is 4.60. The molecule has 0 aliphatic carbocycles. The van der Waals surface area contributed by atoms with Gasteiger partial charge in [-0.3, -0.25) is 20.2 Å². The number of benzene rings is 2. The van der Waals surface area contributed by atoms with Gasteiger partial charge in [-0.25, -0.2) is 0 Å². The molecule has 186 valence electrons. The number of aromatic amines is 1. The van der Waals surface area contributed by atoms with Gasteiger partial charge in [0.25, 0.3) is 5.95 Å². The van der Waals surface area contributed by atoms with Crippen molar-refractivity contribution >= 4 is 41.0 Å². The fraction of sp³-hybridized carbons (Fsp3) is 0.375. The molecule has 3 aromatic rings. The van der Waals surface area contributed by atoms with Gasteiger partial charge in [-0.15, -0.1) is 5.10 Å². The zero-order valence-electron chi connectivity index (χ0n) is 20.1. The first kappa shape index (κ1) is 26.6. The van der Waals surface area contributed by atoms with Gasteiger partial charge in [0, 0.05) is 21.5 Å². The number of halogens is 2. The lowest BCUT2D eigenvalue weighted by atomic mass is 9.90. The minimum absolute atomic E-state index is 0.0323. The lowest BCUT2D eigenvalue weighted by molar-refractivity contribution is -0.157. The summed E-state index contributed by atoms with van der Waals surface area (Å²) in [7, 11) is 0. The van der Waals surface area contributed by atoms with Crippen LogP contribution in [0.1, 0.15) is 46.1 Å². The molecule has 1 amide bonds. The van der Waals surface area contributed by atoms with E-state index < -0.39 is 29.6 Å². The first-order valence-corrected chi connectivity index (χ1v) is 11.8. The molecule has 35 heavy (non-hydrogen) atoms. The van der Waals surface area contributed by atoms with Crippen LogP contribution in [0.15, 0.2) is 42.5 Å². The van der Waals surface area contributed by atoms with Gasteiger partial charge in [0.05, 0.1) is 6.04 Å². The van der Waals surface area contributed by atoms with Gasteiger partial charge in [0.1, 0.15) is 11.6 Å². The molecule has 0 bridgehead atoms. The van der Waals surface area contributed by atoms with Gasteiger partial charge in [-0.2, -0.15) is 5.21 Å². The second kappa shape index (κ2) is 11.2. The van der Waals surface area contributed by atoms with Crippen LogP contribution < -0.4 is 10.6 Å². The zero-order valence-corrected chi connectivity index (χ0v) is 21.6. The molecule has 0 spiro atoms. The molecule has 0 aliphatic heterocycles. The number of hydrogen-bond donors (Lipinski definition) is 3. The zero-order chi connectivity index (χ0) is 25.8. The molecule has 2 aromatic carbocycles. The summed E-state index contributed by atoms with van der Waals surface area (Å²) in [6.45, 7) is 8.90. The van der Waals surface area contributed by atoms with Gasteiger partial charge in [0.2, 0.25) is 5.91 Å². The lowest BCUT2D eigenvalue weighted by Gasteiger charge is -2.28. The van der Waals surface area contributed by atoms with Crippen molar-refractivity contribution in [1.82, 2.24) is 25.9 Å². The molecule has 3 N–H and O–H groups in total. The molecule has 3 atom stereocenters. The van der Waals surface area contributed by atoms with E-state index in [9.17, 15) is 9.59 Å². The third-order valence-electron chi connectivity index (χ3n) is 5.23. The van der Waals surface area contributed by atoms with E-state index in [1.54, 1.807) is 45.9 Å². The summed E-state index contributed by atoms with van der Waals surface area (Å²) in [6, 6.07) is 11.4. The minimum Gasteiger partial charge on any atom is -0.459 e. The van der Waals surface area contributed by atoms with E-state index in [2.05, 4.69) is 31.3 Å². The van der Waals surface area contributed by atoms with Crippen molar-refractivity contribution < 1.29 is 14.3 Å². The second-order valence-electron chi connectivity index (χ2n) is 9.16. The largest absolute Gasteiger partial charge is 0.459 e. The van der Waals surface area contributed by atoms with Crippen molar-refractivity contribution in [2.75, 3.05) is 5.32 Å². The highest BCUT2D eigenvalue weighted by Gasteiger charge is 2.32. The number of hydrogen-bond acceptors (Lipinski definition) is 7. The van der Waals surface area contributed by atoms with Crippen molar-refractivity contribution in [3.05, 3.63) is 58.1 Å². The van der Waals surface area contributed by atoms with Crippen LogP contribution in [0.4, 0.5) is 5.95 Å². The molecule has 0 fully saturated rings. The summed E-state index contributed by atoms with van der Waals surface area (Å²) < 4.78 is 5.46. The summed E-state index contributed by atoms with van der Waals surface area (Å²) in [5.41, 5.74) is 1.90. The first-order chi connectivity index (χ1) is 16.4. The van der Waals surface area contributed by atoms with Crippen LogP contribution in [0.3, 0.4) is 0 Å². The fourth-order valence-corrected chi connectivity index (χ4v) is 3.85. The maximum Gasteiger partial charge on any atom is 0.323 e. The molecule has 0 radical (unpaired) electrons. The molecular weight excluding hydrogens is 491 g/mol. The number of carbonyl (C=O) groups is 2. The number of rotatable bonds is 8. The van der Waals surface area contributed by atoms with Gasteiger partial charge in [-0.1, -0.05) is 59.5 Å². The van der Waals surface area contributed by atoms with E-state index in [-0.39, 0.29) is 11.9 Å². The van der Waals surface area contributed by atoms with Crippen LogP contribution in [0.5, 0.6) is 0 Å². The Balaban J connectivity index is 1.84. The highest BCUT2D eigenvalue weighted by molar-refractivity contribution is 6.35. The van der Waals surface area contributed by atoms with Crippen LogP contribution in [0.2, 0.25) is 10.0 Å². The molecule has 9 nitrogen and oxygen atoms in total. The summed E-state index contributed by atoms with van der Waals surface area (Å²) >= 11 is 12.5. The number of carbonyl (C=O) groups excluding carboxylic acids is 2. The summed E-state index contributed by atoms with van der Waals surface area (Å²) in [4.78, 5) is 25.7. The molecule has 1 heterocycles. The van der Waals surface area contributed by atoms with E-state index in [1.165, 1.54) is 0 Å². The van der Waals surface area contributed by atoms with Gasteiger partial charge in [-0.05, 0) is 62.2 Å². The van der Waals surface area contributed by atoms with Crippen LogP contribution in [-0.4, -0.2) is 50.2 Å². The maximum absolute atomic E-state index is 13.2. The standard InChI is InChI=1S/C24H28Cl2N6O3/c1-13(15-6-8-16(9-7-15)18-12-17(25)10-11-19(18)26)20(21(33)28-23-29-31-32-30-23)27-14(2)22(34)35-24(3,4)5/h6-14,20,27H,1-5H3,(H2,28,29,30,31,32,33). The normalized spacial score (nSPS) is 14.1. The molecule has 0 saturated carbocycles. The number of nitrogens with one attached hydrogen (secondary N) is 3. The average Bonchev–Trinajstić information content (AvgIpc) is 3.30. The van der Waals surface area contributed by atoms with E-state index in [0.717, 1.165) is 16.7 Å². The van der Waals surface area contributed by atoms with Crippen molar-refractivity contribution in [2.24, 2.45) is 0 Å². The number of amides is 1. The number of ether oxygens (including phenoxy) is 1. The minimum atomic E-state index is -0.809. The van der Waals surface area contributed by atoms with Crippen LogP contribution in [0, 0.1) is 0 Å². The van der Waals surface area contributed by atoms with Gasteiger partial charge >= 0.3 is 5.97 Å². The first-order valence-electron chi connectivity index (χ1n) is 11.0. The Morgan fingerprint density at radius 2 is 1.74 bits per heavy atom. The smallest absolute Gasteiger partial charge is 0.323 e. The summed E-state index contributed by atoms with van der Waals surface area (Å²) in [5.74, 6) is -1.19. The van der Waals surface area contributed by atoms with E-state index in [4.69, 9.17) is 27.9 Å². The number of aromatic nitrogens is 4. The lowest BCUT2D eigenvalue weighted by Crippen LogP contribution is -2.51. The third kappa shape index (κ3) is 7.24. The number of esters is 1. The number of nitrogens with zero attached hydrogens (tertiary/aromatic N) is 3. The molecule has 1 aromatic heterocycles. The Bertz CT molecular complexity index is 1160. The molecular formula is C24H28Cl2N6O3. The number of anilines is 1. The highest BCUT2D eigenvalue weighted by atomic mass is 35.5. The van der Waals surface area contributed by atoms with Crippen molar-refractivity contribution in [3.8, 4) is 11.1 Å². The summed E-state index contributed by atoms with van der Waals surface area (Å²) in [5, 5.41) is 20.2. The molecule has 0 saturated heterocycles. The van der Waals surface area contributed by atoms with E-state index in [1.807, 2.05) is 31.2 Å². The van der Waals surface area contributed by atoms with Crippen LogP contribution >= 0.6 is 23.2 Å². The third-order valence-corrected chi connectivity index (χ3v) is 5.79. The van der Waals surface area contributed by atoms with Crippen LogP contribution in [-0.2, 0) is 14.3 Å². The van der Waals surface area contributed by atoms with Crippen molar-refractivity contribution in [3.63, 3.8) is 0 Å². The Hall–Kier alpha value is -3.01. The Morgan fingerprint density at radius 1 is 1.06 bits per heavy atom. The monoisotopic (exact) mass is 518 g/mol. The Morgan fingerprint density at radius 3 is 2.34 bits per heavy atom. The topological polar surface area (TPSA) is 122 Å². The highest BCUT2D eigenvalue weighted by Crippen LogP contribution is 2.32. The quantitative estimate of drug-likeness (QED) is 0.372. The fourth-order valence-electron chi connectivity index (χ4n) is 3.45. The van der Waals surface area contributed by atoms with Crippen molar-refractivity contribution in [2.45, 2.75) is 58.2 Å². The molecule has 11 heteroatoms. The summed E-state index contributed by atoms with van der Waals surface area (Å²) in [6.07, 6.45) is 0. The number of tetrazole rings is 1.